The summed E-state index contributed by atoms with van der Waals surface area (Å²) in [5, 5.41) is 6.50. The number of nitrogens with one attached hydrogen (secondary N) is 1. The van der Waals surface area contributed by atoms with Crippen molar-refractivity contribution in [2.45, 2.75) is 26.1 Å². The van der Waals surface area contributed by atoms with Crippen LogP contribution in [0, 0.1) is 0 Å². The van der Waals surface area contributed by atoms with Crippen molar-refractivity contribution in [3.05, 3.63) is 17.5 Å². The van der Waals surface area contributed by atoms with Gasteiger partial charge < -0.3 is 10.1 Å². The molecule has 0 aliphatic heterocycles. The molecule has 1 N–H and O–H groups in total. The van der Waals surface area contributed by atoms with E-state index in [1.54, 1.807) is 0 Å². The molecule has 1 heterocycles. The maximum Gasteiger partial charge on any atom is 0.435 e. The monoisotopic (exact) mass is 265 g/mol. The van der Waals surface area contributed by atoms with Crippen molar-refractivity contribution >= 4 is 0 Å². The summed E-state index contributed by atoms with van der Waals surface area (Å²) in [5.74, 6) is 0. The Labute approximate surface area is 104 Å². The lowest BCUT2D eigenvalue weighted by Crippen LogP contribution is -2.18. The molecule has 0 fully saturated rings. The lowest BCUT2D eigenvalue weighted by atomic mass is 10.3. The van der Waals surface area contributed by atoms with Crippen molar-refractivity contribution < 1.29 is 17.9 Å². The minimum atomic E-state index is -4.38. The summed E-state index contributed by atoms with van der Waals surface area (Å²) in [7, 11) is 1.51. The molecule has 104 valence electrons. The normalized spacial score (nSPS) is 12.1. The molecular formula is C11H18F3N3O. The maximum absolute atomic E-state index is 12.4. The Kier molecular flexibility index (Phi) is 5.61. The molecular weight excluding hydrogens is 247 g/mol. The number of hydrogen-bond acceptors (Lipinski definition) is 3. The third-order valence-corrected chi connectivity index (χ3v) is 2.42. The summed E-state index contributed by atoms with van der Waals surface area (Å²) in [6.45, 7) is 4.32. The topological polar surface area (TPSA) is 39.1 Å². The molecule has 1 aromatic rings. The zero-order chi connectivity index (χ0) is 13.6. The van der Waals surface area contributed by atoms with Crippen molar-refractivity contribution in [2.75, 3.05) is 19.8 Å². The number of alkyl halides is 3. The predicted molar refractivity (Wildman–Crippen MR) is 61.0 cm³/mol. The second kappa shape index (κ2) is 6.75. The van der Waals surface area contributed by atoms with E-state index in [1.807, 2.05) is 6.92 Å². The largest absolute Gasteiger partial charge is 0.435 e. The molecule has 1 rings (SSSR count). The van der Waals surface area contributed by atoms with E-state index < -0.39 is 11.9 Å². The van der Waals surface area contributed by atoms with Crippen molar-refractivity contribution in [1.82, 2.24) is 15.1 Å². The van der Waals surface area contributed by atoms with E-state index in [-0.39, 0.29) is 0 Å². The van der Waals surface area contributed by atoms with Crippen molar-refractivity contribution in [1.29, 1.82) is 0 Å². The molecule has 0 saturated heterocycles. The lowest BCUT2D eigenvalue weighted by molar-refractivity contribution is -0.141. The molecule has 0 saturated carbocycles. The van der Waals surface area contributed by atoms with Gasteiger partial charge in [-0.15, -0.1) is 0 Å². The Bertz CT molecular complexity index is 363. The summed E-state index contributed by atoms with van der Waals surface area (Å²) in [4.78, 5) is 0. The van der Waals surface area contributed by atoms with E-state index in [0.29, 0.717) is 32.0 Å². The summed E-state index contributed by atoms with van der Waals surface area (Å²) < 4.78 is 43.6. The number of halogens is 3. The fraction of sp³-hybridized carbons (Fsp3) is 0.727. The quantitative estimate of drug-likeness (QED) is 0.766. The third-order valence-electron chi connectivity index (χ3n) is 2.42. The first-order valence-electron chi connectivity index (χ1n) is 5.83. The predicted octanol–water partition coefficient (Wildman–Crippen LogP) is 1.96. The van der Waals surface area contributed by atoms with Crippen LogP contribution in [0.15, 0.2) is 6.07 Å². The average molecular weight is 265 g/mol. The van der Waals surface area contributed by atoms with E-state index >= 15 is 0 Å². The Balaban J connectivity index is 2.36. The highest BCUT2D eigenvalue weighted by molar-refractivity contribution is 5.12. The van der Waals surface area contributed by atoms with Gasteiger partial charge in [0, 0.05) is 26.8 Å². The van der Waals surface area contributed by atoms with Gasteiger partial charge in [-0.25, -0.2) is 0 Å². The van der Waals surface area contributed by atoms with Gasteiger partial charge in [-0.1, -0.05) is 0 Å². The molecule has 0 bridgehead atoms. The van der Waals surface area contributed by atoms with Gasteiger partial charge in [0.2, 0.25) is 0 Å². The van der Waals surface area contributed by atoms with Crippen molar-refractivity contribution in [3.8, 4) is 0 Å². The highest BCUT2D eigenvalue weighted by atomic mass is 19.4. The average Bonchev–Trinajstić information content (AvgIpc) is 2.65. The van der Waals surface area contributed by atoms with Crippen LogP contribution >= 0.6 is 0 Å². The van der Waals surface area contributed by atoms with Crippen LogP contribution in [0.1, 0.15) is 24.7 Å². The van der Waals surface area contributed by atoms with E-state index in [0.717, 1.165) is 12.5 Å². The number of aromatic nitrogens is 2. The molecule has 0 radical (unpaired) electrons. The minimum Gasteiger partial charge on any atom is -0.382 e. The zero-order valence-corrected chi connectivity index (χ0v) is 10.5. The van der Waals surface area contributed by atoms with Gasteiger partial charge >= 0.3 is 6.18 Å². The molecule has 0 amide bonds. The number of rotatable bonds is 7. The summed E-state index contributed by atoms with van der Waals surface area (Å²) >= 11 is 0. The SMILES string of the molecule is CCOCCCNCc1cc(C(F)(F)F)nn1C. The fourth-order valence-electron chi connectivity index (χ4n) is 1.47. The fourth-order valence-corrected chi connectivity index (χ4v) is 1.47. The first-order chi connectivity index (χ1) is 8.45. The van der Waals surface area contributed by atoms with Gasteiger partial charge in [-0.2, -0.15) is 18.3 Å². The molecule has 0 aliphatic carbocycles. The van der Waals surface area contributed by atoms with E-state index in [2.05, 4.69) is 10.4 Å². The van der Waals surface area contributed by atoms with Crippen LogP contribution in [-0.4, -0.2) is 29.5 Å². The molecule has 0 aliphatic rings. The van der Waals surface area contributed by atoms with Crippen LogP contribution in [0.25, 0.3) is 0 Å². The van der Waals surface area contributed by atoms with Gasteiger partial charge in [-0.05, 0) is 26.0 Å². The van der Waals surface area contributed by atoms with Crippen LogP contribution in [0.2, 0.25) is 0 Å². The van der Waals surface area contributed by atoms with Gasteiger partial charge in [0.1, 0.15) is 0 Å². The minimum absolute atomic E-state index is 0.367. The van der Waals surface area contributed by atoms with Gasteiger partial charge in [0.05, 0.1) is 5.69 Å². The number of hydrogen-bond donors (Lipinski definition) is 1. The highest BCUT2D eigenvalue weighted by Crippen LogP contribution is 2.28. The van der Waals surface area contributed by atoms with Gasteiger partial charge in [-0.3, -0.25) is 4.68 Å². The van der Waals surface area contributed by atoms with E-state index in [4.69, 9.17) is 4.74 Å². The third kappa shape index (κ3) is 4.66. The van der Waals surface area contributed by atoms with E-state index in [9.17, 15) is 13.2 Å². The molecule has 1 aromatic heterocycles. The van der Waals surface area contributed by atoms with Crippen molar-refractivity contribution in [2.24, 2.45) is 7.05 Å². The zero-order valence-electron chi connectivity index (χ0n) is 10.5. The Morgan fingerprint density at radius 1 is 1.44 bits per heavy atom. The number of aryl methyl sites for hydroxylation is 1. The Morgan fingerprint density at radius 3 is 2.72 bits per heavy atom. The first kappa shape index (κ1) is 15.0. The molecule has 7 heteroatoms. The van der Waals surface area contributed by atoms with Crippen LogP contribution in [0.5, 0.6) is 0 Å². The smallest absolute Gasteiger partial charge is 0.382 e. The molecule has 0 spiro atoms. The Hall–Kier alpha value is -1.08. The number of nitrogens with zero attached hydrogens (tertiary/aromatic N) is 2. The summed E-state index contributed by atoms with van der Waals surface area (Å²) in [5.41, 5.74) is -0.338. The highest BCUT2D eigenvalue weighted by Gasteiger charge is 2.34. The van der Waals surface area contributed by atoms with Gasteiger partial charge in [0.15, 0.2) is 5.69 Å². The molecule has 0 aromatic carbocycles. The molecule has 0 unspecified atom stereocenters. The second-order valence-electron chi connectivity index (χ2n) is 3.87. The van der Waals surface area contributed by atoms with Crippen molar-refractivity contribution in [3.63, 3.8) is 0 Å². The van der Waals surface area contributed by atoms with Crippen LogP contribution in [0.3, 0.4) is 0 Å². The van der Waals surface area contributed by atoms with Crippen LogP contribution < -0.4 is 5.32 Å². The summed E-state index contributed by atoms with van der Waals surface area (Å²) in [6, 6.07) is 1.07. The van der Waals surface area contributed by atoms with Crippen LogP contribution in [0.4, 0.5) is 13.2 Å². The molecule has 4 nitrogen and oxygen atoms in total. The van der Waals surface area contributed by atoms with E-state index in [1.165, 1.54) is 11.7 Å². The second-order valence-corrected chi connectivity index (χ2v) is 3.87. The number of ether oxygens (including phenoxy) is 1. The lowest BCUT2D eigenvalue weighted by Gasteiger charge is -2.04. The van der Waals surface area contributed by atoms with Crippen LogP contribution in [-0.2, 0) is 24.5 Å². The molecule has 0 atom stereocenters. The summed E-state index contributed by atoms with van der Waals surface area (Å²) in [6.07, 6.45) is -3.55. The first-order valence-corrected chi connectivity index (χ1v) is 5.83. The maximum atomic E-state index is 12.4. The standard InChI is InChI=1S/C11H18F3N3O/c1-3-18-6-4-5-15-8-9-7-10(11(12,13)14)16-17(9)2/h7,15H,3-6,8H2,1-2H3. The Morgan fingerprint density at radius 2 is 2.17 bits per heavy atom. The molecule has 18 heavy (non-hydrogen) atoms. The van der Waals surface area contributed by atoms with Gasteiger partial charge in [0.25, 0.3) is 0 Å².